The molecule has 1 aromatic rings. The molecular formula is C6H8AsN3O2. The van der Waals surface area contributed by atoms with Gasteiger partial charge < -0.3 is 0 Å². The average Bonchev–Trinajstić information content (AvgIpc) is 2.35. The van der Waals surface area contributed by atoms with Gasteiger partial charge in [0.2, 0.25) is 0 Å². The third-order valence-electron chi connectivity index (χ3n) is 1.37. The van der Waals surface area contributed by atoms with Gasteiger partial charge in [0.25, 0.3) is 0 Å². The van der Waals surface area contributed by atoms with Crippen molar-refractivity contribution in [2.24, 2.45) is 5.73 Å². The number of carboxylic acids is 1. The summed E-state index contributed by atoms with van der Waals surface area (Å²) in [5.74, 6) is -1.00. The van der Waals surface area contributed by atoms with Gasteiger partial charge in [-0.15, -0.1) is 0 Å². The van der Waals surface area contributed by atoms with E-state index in [1.807, 2.05) is 0 Å². The van der Waals surface area contributed by atoms with Crippen molar-refractivity contribution >= 4 is 27.4 Å². The zero-order valence-corrected chi connectivity index (χ0v) is 8.07. The van der Waals surface area contributed by atoms with E-state index in [4.69, 9.17) is 10.8 Å². The fourth-order valence-corrected chi connectivity index (χ4v) is 1.20. The van der Waals surface area contributed by atoms with E-state index in [2.05, 4.69) is 26.8 Å². The van der Waals surface area contributed by atoms with Crippen LogP contribution in [0.2, 0.25) is 0 Å². The molecule has 0 saturated heterocycles. The summed E-state index contributed by atoms with van der Waals surface area (Å²) in [6, 6.07) is -0.864. The predicted octanol–water partition coefficient (Wildman–Crippen LogP) is -1.84. The van der Waals surface area contributed by atoms with Crippen LogP contribution in [0, 0.1) is 0 Å². The Morgan fingerprint density at radius 1 is 1.92 bits per heavy atom. The Balaban J connectivity index is 2.58. The summed E-state index contributed by atoms with van der Waals surface area (Å²) in [5, 5.41) is 8.49. The van der Waals surface area contributed by atoms with E-state index in [1.165, 1.54) is 0 Å². The standard InChI is InChI=1S/C6H8AsN3O2/c7-6-9-2-3(10-6)1-4(8)5(11)12/h2,4H,1,8H2,(H,9,10)(H,11,12). The molecule has 0 amide bonds. The molecule has 4 N–H and O–H groups in total. The third-order valence-corrected chi connectivity index (χ3v) is 1.85. The van der Waals surface area contributed by atoms with E-state index < -0.39 is 12.0 Å². The normalized spacial score (nSPS) is 12.8. The summed E-state index contributed by atoms with van der Waals surface area (Å²) in [5.41, 5.74) is 6.04. The zero-order chi connectivity index (χ0) is 9.14. The number of aromatic nitrogens is 2. The molecule has 0 aliphatic carbocycles. The van der Waals surface area contributed by atoms with Crippen LogP contribution in [-0.4, -0.2) is 43.9 Å². The molecule has 2 radical (unpaired) electrons. The van der Waals surface area contributed by atoms with Gasteiger partial charge in [-0.05, 0) is 0 Å². The van der Waals surface area contributed by atoms with Gasteiger partial charge in [0.1, 0.15) is 0 Å². The first-order valence-electron chi connectivity index (χ1n) is 3.31. The number of nitrogens with one attached hydrogen (secondary N) is 1. The van der Waals surface area contributed by atoms with E-state index >= 15 is 0 Å². The fourth-order valence-electron chi connectivity index (χ4n) is 0.775. The minimum absolute atomic E-state index is 0.278. The molecule has 0 aromatic carbocycles. The fraction of sp³-hybridized carbons (Fsp3) is 0.333. The van der Waals surface area contributed by atoms with E-state index in [9.17, 15) is 4.79 Å². The van der Waals surface area contributed by atoms with Crippen LogP contribution in [0.1, 0.15) is 5.69 Å². The number of hydrogen-bond acceptors (Lipinski definition) is 3. The molecule has 0 bridgehead atoms. The van der Waals surface area contributed by atoms with Crippen molar-refractivity contribution in [1.29, 1.82) is 0 Å². The molecule has 0 aliphatic heterocycles. The Morgan fingerprint density at radius 2 is 2.58 bits per heavy atom. The molecule has 12 heavy (non-hydrogen) atoms. The molecule has 0 spiro atoms. The molecule has 1 rings (SSSR count). The Bertz CT molecular complexity index is 286. The van der Waals surface area contributed by atoms with Gasteiger partial charge in [0.05, 0.1) is 0 Å². The monoisotopic (exact) mass is 229 g/mol. The summed E-state index contributed by atoms with van der Waals surface area (Å²) in [7, 11) is 0. The number of aromatic amines is 1. The molecule has 1 atom stereocenters. The number of rotatable bonds is 3. The SMILES string of the molecule is NC(Cc1cnc([As])[nH]1)C(=O)O. The van der Waals surface area contributed by atoms with Crippen molar-refractivity contribution < 1.29 is 9.90 Å². The number of carbonyl (C=O) groups is 1. The Hall–Kier alpha value is -0.802. The molecule has 0 fully saturated rings. The van der Waals surface area contributed by atoms with Gasteiger partial charge in [-0.2, -0.15) is 0 Å². The van der Waals surface area contributed by atoms with Crippen LogP contribution in [0.3, 0.4) is 0 Å². The van der Waals surface area contributed by atoms with Crippen LogP contribution in [-0.2, 0) is 11.2 Å². The van der Waals surface area contributed by atoms with Crippen molar-refractivity contribution in [3.05, 3.63) is 11.9 Å². The van der Waals surface area contributed by atoms with Gasteiger partial charge in [-0.1, -0.05) is 0 Å². The van der Waals surface area contributed by atoms with Gasteiger partial charge in [-0.25, -0.2) is 0 Å². The Labute approximate surface area is 77.9 Å². The Morgan fingerprint density at radius 3 is 3.00 bits per heavy atom. The van der Waals surface area contributed by atoms with Crippen LogP contribution in [0.5, 0.6) is 0 Å². The molecule has 1 aromatic heterocycles. The Kier molecular flexibility index (Phi) is 2.89. The maximum absolute atomic E-state index is 10.3. The van der Waals surface area contributed by atoms with Crippen LogP contribution in [0.15, 0.2) is 6.20 Å². The van der Waals surface area contributed by atoms with E-state index in [1.54, 1.807) is 6.20 Å². The second-order valence-electron chi connectivity index (χ2n) is 2.38. The van der Waals surface area contributed by atoms with Gasteiger partial charge in [-0.3, -0.25) is 0 Å². The zero-order valence-electron chi connectivity index (χ0n) is 6.19. The van der Waals surface area contributed by atoms with Gasteiger partial charge in [0, 0.05) is 0 Å². The molecule has 64 valence electrons. The number of aliphatic carboxylic acids is 1. The van der Waals surface area contributed by atoms with Gasteiger partial charge in [0.15, 0.2) is 0 Å². The number of imidazole rings is 1. The molecule has 5 nitrogen and oxygen atoms in total. The predicted molar refractivity (Wildman–Crippen MR) is 43.3 cm³/mol. The maximum atomic E-state index is 10.3. The third kappa shape index (κ3) is 2.36. The summed E-state index contributed by atoms with van der Waals surface area (Å²) in [4.78, 5) is 17.1. The molecule has 1 heterocycles. The second-order valence-corrected chi connectivity index (χ2v) is 3.27. The summed E-state index contributed by atoms with van der Waals surface area (Å²) in [6.07, 6.45) is 1.86. The summed E-state index contributed by atoms with van der Waals surface area (Å²) in [6.45, 7) is 0. The molecule has 0 aliphatic rings. The molecule has 1 unspecified atom stereocenters. The molecular weight excluding hydrogens is 221 g/mol. The minimum atomic E-state index is -1.00. The number of hydrogen-bond donors (Lipinski definition) is 3. The van der Waals surface area contributed by atoms with Crippen LogP contribution < -0.4 is 10.3 Å². The van der Waals surface area contributed by atoms with Crippen LogP contribution >= 0.6 is 0 Å². The van der Waals surface area contributed by atoms with E-state index in [0.717, 1.165) is 5.69 Å². The number of carboxylic acid groups (broad SMARTS) is 1. The summed E-state index contributed by atoms with van der Waals surface area (Å²) < 4.78 is 0.704. The quantitative estimate of drug-likeness (QED) is 0.531. The van der Waals surface area contributed by atoms with Crippen molar-refractivity contribution in [2.75, 3.05) is 0 Å². The van der Waals surface area contributed by atoms with Crippen molar-refractivity contribution in [1.82, 2.24) is 9.97 Å². The number of H-pyrrole nitrogens is 1. The average molecular weight is 229 g/mol. The molecule has 6 heteroatoms. The first kappa shape index (κ1) is 9.29. The summed E-state index contributed by atoms with van der Waals surface area (Å²) >= 11 is 2.24. The van der Waals surface area contributed by atoms with Gasteiger partial charge >= 0.3 is 77.4 Å². The van der Waals surface area contributed by atoms with Crippen molar-refractivity contribution in [3.63, 3.8) is 0 Å². The number of nitrogens with two attached hydrogens (primary N) is 1. The molecule has 0 saturated carbocycles. The van der Waals surface area contributed by atoms with Crippen molar-refractivity contribution in [3.8, 4) is 0 Å². The van der Waals surface area contributed by atoms with E-state index in [-0.39, 0.29) is 6.42 Å². The second kappa shape index (κ2) is 3.74. The van der Waals surface area contributed by atoms with E-state index in [0.29, 0.717) is 4.61 Å². The first-order chi connectivity index (χ1) is 5.59. The number of nitrogens with zero attached hydrogens (tertiary/aromatic N) is 1. The topological polar surface area (TPSA) is 92.0 Å². The first-order valence-corrected chi connectivity index (χ1v) is 4.24. The van der Waals surface area contributed by atoms with Crippen molar-refractivity contribution in [2.45, 2.75) is 12.5 Å². The van der Waals surface area contributed by atoms with Crippen LogP contribution in [0.25, 0.3) is 0 Å². The van der Waals surface area contributed by atoms with Crippen LogP contribution in [0.4, 0.5) is 0 Å².